The van der Waals surface area contributed by atoms with Crippen LogP contribution in [0.4, 0.5) is 10.9 Å². The number of rotatable bonds is 2. The number of carbonyl (C=O) groups excluding carboxylic acids is 1. The number of carbonyl (C=O) groups is 1. The fourth-order valence-corrected chi connectivity index (χ4v) is 2.67. The molecule has 1 aromatic heterocycles. The van der Waals surface area contributed by atoms with E-state index < -0.39 is 0 Å². The minimum atomic E-state index is 0.134. The van der Waals surface area contributed by atoms with E-state index in [0.29, 0.717) is 15.8 Å². The molecule has 0 aliphatic heterocycles. The normalized spacial score (nSPS) is 17.4. The molecule has 4 N–H and O–H groups in total. The minimum Gasteiger partial charge on any atom is -0.382 e. The lowest BCUT2D eigenvalue weighted by Crippen LogP contribution is -2.11. The minimum absolute atomic E-state index is 0.134. The summed E-state index contributed by atoms with van der Waals surface area (Å²) in [6, 6.07) is 0. The zero-order chi connectivity index (χ0) is 10.1. The van der Waals surface area contributed by atoms with Crippen molar-refractivity contribution in [2.24, 2.45) is 5.92 Å². The molecule has 76 valence electrons. The Labute approximate surface area is 86.3 Å². The van der Waals surface area contributed by atoms with Crippen LogP contribution in [0.3, 0.4) is 0 Å². The first-order valence-electron chi connectivity index (χ1n) is 4.74. The number of hydrogen-bond acceptors (Lipinski definition) is 5. The van der Waals surface area contributed by atoms with Crippen LogP contribution in [0.25, 0.3) is 0 Å². The van der Waals surface area contributed by atoms with Crippen LogP contribution in [-0.4, -0.2) is 10.8 Å². The molecule has 0 saturated heterocycles. The predicted molar refractivity (Wildman–Crippen MR) is 57.2 cm³/mol. The maximum absolute atomic E-state index is 11.9. The Morgan fingerprint density at radius 3 is 2.50 bits per heavy atom. The van der Waals surface area contributed by atoms with Gasteiger partial charge in [-0.1, -0.05) is 24.2 Å². The third-order valence-electron chi connectivity index (χ3n) is 2.62. The summed E-state index contributed by atoms with van der Waals surface area (Å²) >= 11 is 1.20. The maximum Gasteiger partial charge on any atom is 0.182 e. The Morgan fingerprint density at radius 1 is 1.36 bits per heavy atom. The standard InChI is InChI=1S/C9H13N3OS/c10-8-7(14-9(11)12-8)6(13)5-3-1-2-4-5/h5H,1-4,10H2,(H2,11,12). The highest BCUT2D eigenvalue weighted by Gasteiger charge is 2.27. The van der Waals surface area contributed by atoms with E-state index in [1.54, 1.807) is 0 Å². The van der Waals surface area contributed by atoms with E-state index in [2.05, 4.69) is 4.98 Å². The molecular weight excluding hydrogens is 198 g/mol. The van der Waals surface area contributed by atoms with Crippen LogP contribution < -0.4 is 11.5 Å². The lowest BCUT2D eigenvalue weighted by Gasteiger charge is -2.04. The van der Waals surface area contributed by atoms with Gasteiger partial charge in [-0.15, -0.1) is 0 Å². The lowest BCUT2D eigenvalue weighted by molar-refractivity contribution is 0.0927. The van der Waals surface area contributed by atoms with Crippen LogP contribution in [0.1, 0.15) is 35.4 Å². The zero-order valence-electron chi connectivity index (χ0n) is 7.82. The van der Waals surface area contributed by atoms with Crippen molar-refractivity contribution in [3.63, 3.8) is 0 Å². The van der Waals surface area contributed by atoms with Gasteiger partial charge in [-0.2, -0.15) is 0 Å². The number of Topliss-reactive ketones (excluding diaryl/α,β-unsaturated/α-hetero) is 1. The fraction of sp³-hybridized carbons (Fsp3) is 0.556. The van der Waals surface area contributed by atoms with Gasteiger partial charge in [-0.25, -0.2) is 4.98 Å². The molecule has 1 aliphatic rings. The average molecular weight is 211 g/mol. The van der Waals surface area contributed by atoms with E-state index in [1.807, 2.05) is 0 Å². The molecule has 1 fully saturated rings. The van der Waals surface area contributed by atoms with Crippen LogP contribution in [0.15, 0.2) is 0 Å². The molecule has 4 nitrogen and oxygen atoms in total. The third kappa shape index (κ3) is 1.59. The molecule has 0 amide bonds. The van der Waals surface area contributed by atoms with Crippen molar-refractivity contribution in [3.05, 3.63) is 4.88 Å². The van der Waals surface area contributed by atoms with Gasteiger partial charge in [0.25, 0.3) is 0 Å². The number of ketones is 1. The first kappa shape index (κ1) is 9.45. The summed E-state index contributed by atoms with van der Waals surface area (Å²) in [7, 11) is 0. The second-order valence-corrected chi connectivity index (χ2v) is 4.64. The molecule has 14 heavy (non-hydrogen) atoms. The lowest BCUT2D eigenvalue weighted by atomic mass is 10.0. The summed E-state index contributed by atoms with van der Waals surface area (Å²) in [6.45, 7) is 0. The summed E-state index contributed by atoms with van der Waals surface area (Å²) < 4.78 is 0. The number of aromatic nitrogens is 1. The van der Waals surface area contributed by atoms with Gasteiger partial charge < -0.3 is 11.5 Å². The van der Waals surface area contributed by atoms with Crippen molar-refractivity contribution in [2.45, 2.75) is 25.7 Å². The molecule has 0 bridgehead atoms. The molecular formula is C9H13N3OS. The quantitative estimate of drug-likeness (QED) is 0.729. The summed E-state index contributed by atoms with van der Waals surface area (Å²) in [6.07, 6.45) is 4.25. The Kier molecular flexibility index (Phi) is 2.41. The summed E-state index contributed by atoms with van der Waals surface area (Å²) in [5, 5.41) is 0.379. The Hall–Kier alpha value is -1.10. The SMILES string of the molecule is Nc1nc(N)c(C(=O)C2CCCC2)s1. The van der Waals surface area contributed by atoms with Crippen molar-refractivity contribution in [3.8, 4) is 0 Å². The second kappa shape index (κ2) is 3.57. The van der Waals surface area contributed by atoms with Crippen molar-refractivity contribution in [1.82, 2.24) is 4.98 Å². The second-order valence-electron chi connectivity index (χ2n) is 3.61. The van der Waals surface area contributed by atoms with E-state index in [0.717, 1.165) is 25.7 Å². The number of hydrogen-bond donors (Lipinski definition) is 2. The molecule has 1 aromatic rings. The van der Waals surface area contributed by atoms with Gasteiger partial charge in [0.2, 0.25) is 0 Å². The van der Waals surface area contributed by atoms with E-state index in [4.69, 9.17) is 11.5 Å². The summed E-state index contributed by atoms with van der Waals surface area (Å²) in [5.74, 6) is 0.579. The highest BCUT2D eigenvalue weighted by atomic mass is 32.1. The molecule has 0 atom stereocenters. The van der Waals surface area contributed by atoms with Crippen LogP contribution in [-0.2, 0) is 0 Å². The molecule has 0 radical (unpaired) electrons. The number of nitrogens with two attached hydrogens (primary N) is 2. The third-order valence-corrected chi connectivity index (χ3v) is 3.53. The number of anilines is 2. The van der Waals surface area contributed by atoms with Crippen molar-refractivity contribution < 1.29 is 4.79 Å². The average Bonchev–Trinajstić information content (AvgIpc) is 2.73. The van der Waals surface area contributed by atoms with E-state index >= 15 is 0 Å². The zero-order valence-corrected chi connectivity index (χ0v) is 8.64. The van der Waals surface area contributed by atoms with Crippen LogP contribution in [0.5, 0.6) is 0 Å². The Balaban J connectivity index is 2.21. The molecule has 5 heteroatoms. The molecule has 1 saturated carbocycles. The number of nitrogens with zero attached hydrogens (tertiary/aromatic N) is 1. The molecule has 0 aromatic carbocycles. The van der Waals surface area contributed by atoms with Gasteiger partial charge in [0.15, 0.2) is 10.9 Å². The fourth-order valence-electron chi connectivity index (χ4n) is 1.90. The first-order valence-corrected chi connectivity index (χ1v) is 5.56. The van der Waals surface area contributed by atoms with E-state index in [1.165, 1.54) is 11.3 Å². The molecule has 2 rings (SSSR count). The highest BCUT2D eigenvalue weighted by Crippen LogP contribution is 2.32. The van der Waals surface area contributed by atoms with Crippen molar-refractivity contribution >= 4 is 28.1 Å². The van der Waals surface area contributed by atoms with Gasteiger partial charge >= 0.3 is 0 Å². The van der Waals surface area contributed by atoms with Gasteiger partial charge in [0.1, 0.15) is 10.7 Å². The Morgan fingerprint density at radius 2 is 2.00 bits per heavy atom. The van der Waals surface area contributed by atoms with Crippen LogP contribution >= 0.6 is 11.3 Å². The Bertz CT molecular complexity index is 355. The number of thiazole rings is 1. The monoisotopic (exact) mass is 211 g/mol. The van der Waals surface area contributed by atoms with Gasteiger partial charge in [-0.3, -0.25) is 4.79 Å². The van der Waals surface area contributed by atoms with Gasteiger partial charge in [0, 0.05) is 5.92 Å². The number of nitrogen functional groups attached to an aromatic ring is 2. The molecule has 0 spiro atoms. The van der Waals surface area contributed by atoms with Gasteiger partial charge in [0.05, 0.1) is 0 Å². The summed E-state index contributed by atoms with van der Waals surface area (Å²) in [4.78, 5) is 16.3. The maximum atomic E-state index is 11.9. The van der Waals surface area contributed by atoms with Crippen molar-refractivity contribution in [1.29, 1.82) is 0 Å². The molecule has 1 aliphatic carbocycles. The highest BCUT2D eigenvalue weighted by molar-refractivity contribution is 7.17. The first-order chi connectivity index (χ1) is 6.68. The van der Waals surface area contributed by atoms with E-state index in [9.17, 15) is 4.79 Å². The van der Waals surface area contributed by atoms with Gasteiger partial charge in [-0.05, 0) is 12.8 Å². The molecule has 1 heterocycles. The van der Waals surface area contributed by atoms with Crippen LogP contribution in [0.2, 0.25) is 0 Å². The van der Waals surface area contributed by atoms with Crippen molar-refractivity contribution in [2.75, 3.05) is 11.5 Å². The largest absolute Gasteiger partial charge is 0.382 e. The predicted octanol–water partition coefficient (Wildman–Crippen LogP) is 1.68. The topological polar surface area (TPSA) is 82.0 Å². The summed E-state index contributed by atoms with van der Waals surface area (Å²) in [5.41, 5.74) is 11.1. The van der Waals surface area contributed by atoms with E-state index in [-0.39, 0.29) is 11.7 Å². The molecule has 0 unspecified atom stereocenters. The van der Waals surface area contributed by atoms with Crippen LogP contribution in [0, 0.1) is 5.92 Å². The smallest absolute Gasteiger partial charge is 0.182 e.